The van der Waals surface area contributed by atoms with E-state index in [0.29, 0.717) is 12.0 Å². The van der Waals surface area contributed by atoms with Crippen LogP contribution in [0, 0.1) is 13.8 Å². The summed E-state index contributed by atoms with van der Waals surface area (Å²) in [7, 11) is 4.14. The highest BCUT2D eigenvalue weighted by Gasteiger charge is 2.26. The van der Waals surface area contributed by atoms with E-state index >= 15 is 0 Å². The fraction of sp³-hybridized carbons (Fsp3) is 0.320. The topological polar surface area (TPSA) is 33.1 Å². The zero-order valence-corrected chi connectivity index (χ0v) is 19.6. The van der Waals surface area contributed by atoms with E-state index in [-0.39, 0.29) is 0 Å². The van der Waals surface area contributed by atoms with Gasteiger partial charge in [-0.3, -0.25) is 0 Å². The second-order valence-electron chi connectivity index (χ2n) is 8.25. The summed E-state index contributed by atoms with van der Waals surface area (Å²) in [6.45, 7) is 5.18. The number of allylic oxidation sites excluding steroid dienone is 1. The van der Waals surface area contributed by atoms with Gasteiger partial charge >= 0.3 is 0 Å². The Kier molecular flexibility index (Phi) is 6.11. The molecule has 2 aromatic carbocycles. The average molecular weight is 465 g/mol. The number of aryl methyl sites for hydroxylation is 1. The van der Waals surface area contributed by atoms with Crippen LogP contribution in [0.1, 0.15) is 34.9 Å². The van der Waals surface area contributed by atoms with Crippen LogP contribution in [0.25, 0.3) is 5.69 Å². The molecule has 1 aliphatic carbocycles. The molecule has 4 nitrogen and oxygen atoms in total. The Hall–Kier alpha value is -2.37. The number of nitrogens with one attached hydrogen (secondary N) is 1. The van der Waals surface area contributed by atoms with Crippen molar-refractivity contribution in [2.45, 2.75) is 38.8 Å². The van der Waals surface area contributed by atoms with E-state index in [9.17, 15) is 0 Å². The highest BCUT2D eigenvalue weighted by atomic mass is 79.9. The molecule has 0 aliphatic heterocycles. The molecule has 1 aliphatic rings. The van der Waals surface area contributed by atoms with Crippen LogP contribution in [0.2, 0.25) is 0 Å². The van der Waals surface area contributed by atoms with Gasteiger partial charge in [0.05, 0.1) is 11.4 Å². The number of benzene rings is 2. The molecular weight excluding hydrogens is 436 g/mol. The van der Waals surface area contributed by atoms with Crippen molar-refractivity contribution in [3.05, 3.63) is 87.7 Å². The van der Waals surface area contributed by atoms with Crippen molar-refractivity contribution in [1.82, 2.24) is 15.1 Å². The first kappa shape index (κ1) is 20.9. The number of rotatable bonds is 6. The quantitative estimate of drug-likeness (QED) is 0.487. The summed E-state index contributed by atoms with van der Waals surface area (Å²) in [6, 6.07) is 17.4. The van der Waals surface area contributed by atoms with Crippen LogP contribution >= 0.6 is 15.9 Å². The first-order chi connectivity index (χ1) is 14.4. The standard InChI is InChI=1S/C25H29BrN4/c1-17-25(18(2)30(28-17)24-7-5-6-21(26)15-24)20-10-11-22(14-20)27-16-19-8-12-23(13-9-19)29(3)4/h5-13,15,20,22,27H,14,16H2,1-4H3/t20-,22+/m0/s1. The fourth-order valence-corrected chi connectivity index (χ4v) is 4.66. The highest BCUT2D eigenvalue weighted by Crippen LogP contribution is 2.34. The fourth-order valence-electron chi connectivity index (χ4n) is 4.28. The minimum Gasteiger partial charge on any atom is -0.378 e. The molecular formula is C25H29BrN4. The van der Waals surface area contributed by atoms with E-state index in [1.165, 1.54) is 22.5 Å². The van der Waals surface area contributed by atoms with E-state index in [0.717, 1.165) is 28.8 Å². The van der Waals surface area contributed by atoms with Gasteiger partial charge in [0.2, 0.25) is 0 Å². The molecule has 0 saturated carbocycles. The van der Waals surface area contributed by atoms with Gasteiger partial charge in [0, 0.05) is 54.0 Å². The zero-order valence-electron chi connectivity index (χ0n) is 18.1. The minimum atomic E-state index is 0.386. The molecule has 1 aromatic heterocycles. The molecule has 2 atom stereocenters. The third-order valence-electron chi connectivity index (χ3n) is 5.88. The lowest BCUT2D eigenvalue weighted by Gasteiger charge is -2.16. The third kappa shape index (κ3) is 4.37. The van der Waals surface area contributed by atoms with Crippen molar-refractivity contribution >= 4 is 21.6 Å². The van der Waals surface area contributed by atoms with E-state index < -0.39 is 0 Å². The summed E-state index contributed by atoms with van der Waals surface area (Å²) >= 11 is 3.57. The lowest BCUT2D eigenvalue weighted by atomic mass is 9.96. The monoisotopic (exact) mass is 464 g/mol. The predicted octanol–water partition coefficient (Wildman–Crippen LogP) is 5.52. The van der Waals surface area contributed by atoms with E-state index in [1.54, 1.807) is 0 Å². The van der Waals surface area contributed by atoms with E-state index in [4.69, 9.17) is 5.10 Å². The van der Waals surface area contributed by atoms with Gasteiger partial charge in [-0.15, -0.1) is 0 Å². The Bertz CT molecular complexity index is 1050. The number of hydrogen-bond donors (Lipinski definition) is 1. The average Bonchev–Trinajstić information content (AvgIpc) is 3.30. The third-order valence-corrected chi connectivity index (χ3v) is 6.37. The number of nitrogens with zero attached hydrogens (tertiary/aromatic N) is 3. The minimum absolute atomic E-state index is 0.386. The first-order valence-electron chi connectivity index (χ1n) is 10.4. The summed E-state index contributed by atoms with van der Waals surface area (Å²) in [5, 5.41) is 8.54. The van der Waals surface area contributed by atoms with E-state index in [1.807, 2.05) is 6.07 Å². The van der Waals surface area contributed by atoms with Crippen molar-refractivity contribution in [2.24, 2.45) is 0 Å². The van der Waals surface area contributed by atoms with Crippen molar-refractivity contribution in [1.29, 1.82) is 0 Å². The number of hydrogen-bond acceptors (Lipinski definition) is 3. The Morgan fingerprint density at radius 2 is 1.87 bits per heavy atom. The van der Waals surface area contributed by atoms with Crippen molar-refractivity contribution in [3.63, 3.8) is 0 Å². The van der Waals surface area contributed by atoms with Gasteiger partial charge in [-0.05, 0) is 56.2 Å². The SMILES string of the molecule is Cc1nn(-c2cccc(Br)c2)c(C)c1[C@H]1C=C[C@@H](NCc2ccc(N(C)C)cc2)C1. The molecule has 3 aromatic rings. The molecule has 0 fully saturated rings. The molecule has 1 heterocycles. The number of aromatic nitrogens is 2. The Morgan fingerprint density at radius 3 is 2.57 bits per heavy atom. The molecule has 0 saturated heterocycles. The molecule has 5 heteroatoms. The molecule has 0 radical (unpaired) electrons. The van der Waals surface area contributed by atoms with Crippen LogP contribution in [-0.4, -0.2) is 29.9 Å². The second-order valence-corrected chi connectivity index (χ2v) is 9.17. The van der Waals surface area contributed by atoms with Crippen LogP contribution in [0.3, 0.4) is 0 Å². The maximum atomic E-state index is 4.84. The maximum Gasteiger partial charge on any atom is 0.0660 e. The summed E-state index contributed by atoms with van der Waals surface area (Å²) in [6.07, 6.45) is 5.73. The Labute approximate surface area is 187 Å². The predicted molar refractivity (Wildman–Crippen MR) is 129 cm³/mol. The van der Waals surface area contributed by atoms with Crippen LogP contribution in [0.5, 0.6) is 0 Å². The van der Waals surface area contributed by atoms with Gasteiger partial charge in [0.15, 0.2) is 0 Å². The summed E-state index contributed by atoms with van der Waals surface area (Å²) in [4.78, 5) is 2.13. The van der Waals surface area contributed by atoms with Gasteiger partial charge < -0.3 is 10.2 Å². The Morgan fingerprint density at radius 1 is 1.10 bits per heavy atom. The number of anilines is 1. The Balaban J connectivity index is 1.43. The lowest BCUT2D eigenvalue weighted by molar-refractivity contribution is 0.559. The van der Waals surface area contributed by atoms with Crippen LogP contribution in [-0.2, 0) is 6.54 Å². The molecule has 4 rings (SSSR count). The molecule has 0 bridgehead atoms. The van der Waals surface area contributed by atoms with Gasteiger partial charge in [0.1, 0.15) is 0 Å². The number of halogens is 1. The van der Waals surface area contributed by atoms with Crippen molar-refractivity contribution < 1.29 is 0 Å². The summed E-state index contributed by atoms with van der Waals surface area (Å²) in [5.41, 5.74) is 7.32. The normalized spacial score (nSPS) is 18.2. The largest absolute Gasteiger partial charge is 0.378 e. The van der Waals surface area contributed by atoms with Gasteiger partial charge in [-0.1, -0.05) is 46.3 Å². The molecule has 0 unspecified atom stereocenters. The maximum absolute atomic E-state index is 4.84. The van der Waals surface area contributed by atoms with Crippen molar-refractivity contribution in [2.75, 3.05) is 19.0 Å². The summed E-state index contributed by atoms with van der Waals surface area (Å²) < 4.78 is 3.13. The van der Waals surface area contributed by atoms with Gasteiger partial charge in [-0.25, -0.2) is 4.68 Å². The van der Waals surface area contributed by atoms with Gasteiger partial charge in [-0.2, -0.15) is 5.10 Å². The molecule has 0 amide bonds. The smallest absolute Gasteiger partial charge is 0.0660 e. The second kappa shape index (κ2) is 8.78. The summed E-state index contributed by atoms with van der Waals surface area (Å²) in [5.74, 6) is 0.402. The zero-order chi connectivity index (χ0) is 21.3. The molecule has 156 valence electrons. The van der Waals surface area contributed by atoms with Crippen LogP contribution in [0.4, 0.5) is 5.69 Å². The van der Waals surface area contributed by atoms with Crippen LogP contribution < -0.4 is 10.2 Å². The highest BCUT2D eigenvalue weighted by molar-refractivity contribution is 9.10. The first-order valence-corrected chi connectivity index (χ1v) is 11.2. The van der Waals surface area contributed by atoms with Crippen molar-refractivity contribution in [3.8, 4) is 5.69 Å². The van der Waals surface area contributed by atoms with E-state index in [2.05, 4.69) is 113 Å². The van der Waals surface area contributed by atoms with Gasteiger partial charge in [0.25, 0.3) is 0 Å². The molecule has 1 N–H and O–H groups in total. The lowest BCUT2D eigenvalue weighted by Crippen LogP contribution is -2.25. The van der Waals surface area contributed by atoms with Crippen LogP contribution in [0.15, 0.2) is 65.2 Å². The molecule has 30 heavy (non-hydrogen) atoms. The molecule has 0 spiro atoms.